The highest BCUT2D eigenvalue weighted by molar-refractivity contribution is 5.47. The Labute approximate surface area is 118 Å². The van der Waals surface area contributed by atoms with Gasteiger partial charge in [-0.15, -0.1) is 12.3 Å². The molecular weight excluding hydrogens is 232 g/mol. The summed E-state index contributed by atoms with van der Waals surface area (Å²) in [4.78, 5) is 2.14. The highest BCUT2D eigenvalue weighted by atomic mass is 15.1. The molecule has 104 valence electrons. The lowest BCUT2D eigenvalue weighted by molar-refractivity contribution is 0.487. The first-order valence-corrected chi connectivity index (χ1v) is 7.13. The first-order chi connectivity index (χ1) is 9.19. The van der Waals surface area contributed by atoms with Gasteiger partial charge in [-0.1, -0.05) is 19.1 Å². The minimum absolute atomic E-state index is 0.410. The quantitative estimate of drug-likeness (QED) is 0.566. The largest absolute Gasteiger partial charge is 0.378 e. The normalized spacial score (nSPS) is 11.9. The molecule has 0 aliphatic heterocycles. The van der Waals surface area contributed by atoms with Gasteiger partial charge in [-0.2, -0.15) is 0 Å². The molecule has 0 aliphatic rings. The lowest BCUT2D eigenvalue weighted by atomic mass is 10.00. The Balaban J connectivity index is 2.77. The molecular formula is C17H26N2. The van der Waals surface area contributed by atoms with Gasteiger partial charge >= 0.3 is 0 Å². The molecule has 0 saturated heterocycles. The molecule has 1 atom stereocenters. The Kier molecular flexibility index (Phi) is 7.07. The van der Waals surface area contributed by atoms with Gasteiger partial charge in [-0.25, -0.2) is 0 Å². The first-order valence-electron chi connectivity index (χ1n) is 7.13. The summed E-state index contributed by atoms with van der Waals surface area (Å²) in [5.41, 5.74) is 2.61. The maximum absolute atomic E-state index is 5.34. The standard InChI is InChI=1S/C17H26N2/c1-5-7-8-12-17(18-13-6-2)15-10-9-11-16(14-15)19(3)4/h1,9-11,14,17-18H,6-8,12-13H2,2-4H3. The maximum atomic E-state index is 5.34. The third kappa shape index (κ3) is 5.36. The van der Waals surface area contributed by atoms with Crippen molar-refractivity contribution < 1.29 is 0 Å². The number of benzene rings is 1. The van der Waals surface area contributed by atoms with Crippen LogP contribution in [0.1, 0.15) is 44.2 Å². The second-order valence-electron chi connectivity index (χ2n) is 5.09. The van der Waals surface area contributed by atoms with E-state index in [4.69, 9.17) is 6.42 Å². The summed E-state index contributed by atoms with van der Waals surface area (Å²) >= 11 is 0. The zero-order valence-corrected chi connectivity index (χ0v) is 12.4. The Morgan fingerprint density at radius 2 is 2.16 bits per heavy atom. The number of hydrogen-bond acceptors (Lipinski definition) is 2. The van der Waals surface area contributed by atoms with Crippen molar-refractivity contribution in [1.29, 1.82) is 0 Å². The van der Waals surface area contributed by atoms with Crippen LogP contribution in [0.4, 0.5) is 5.69 Å². The summed E-state index contributed by atoms with van der Waals surface area (Å²) in [7, 11) is 4.15. The van der Waals surface area contributed by atoms with Gasteiger partial charge in [0.05, 0.1) is 0 Å². The van der Waals surface area contributed by atoms with E-state index < -0.39 is 0 Å². The van der Waals surface area contributed by atoms with E-state index in [1.807, 2.05) is 0 Å². The lowest BCUT2D eigenvalue weighted by Crippen LogP contribution is -2.22. The molecule has 0 amide bonds. The van der Waals surface area contributed by atoms with Gasteiger partial charge in [0.25, 0.3) is 0 Å². The highest BCUT2D eigenvalue weighted by Gasteiger charge is 2.11. The van der Waals surface area contributed by atoms with E-state index in [0.717, 1.165) is 32.2 Å². The molecule has 0 bridgehead atoms. The van der Waals surface area contributed by atoms with Crippen LogP contribution in [0.3, 0.4) is 0 Å². The van der Waals surface area contributed by atoms with E-state index in [0.29, 0.717) is 6.04 Å². The van der Waals surface area contributed by atoms with Crippen LogP contribution in [-0.2, 0) is 0 Å². The molecule has 1 N–H and O–H groups in total. The van der Waals surface area contributed by atoms with Crippen molar-refractivity contribution in [2.24, 2.45) is 0 Å². The van der Waals surface area contributed by atoms with Crippen LogP contribution in [0.5, 0.6) is 0 Å². The number of rotatable bonds is 8. The molecule has 1 aromatic rings. The Morgan fingerprint density at radius 3 is 2.79 bits per heavy atom. The van der Waals surface area contributed by atoms with Crippen LogP contribution in [-0.4, -0.2) is 20.6 Å². The van der Waals surface area contributed by atoms with Gasteiger partial charge in [0, 0.05) is 32.2 Å². The van der Waals surface area contributed by atoms with E-state index in [-0.39, 0.29) is 0 Å². The predicted molar refractivity (Wildman–Crippen MR) is 84.5 cm³/mol. The number of anilines is 1. The van der Waals surface area contributed by atoms with Gasteiger partial charge in [-0.05, 0) is 43.5 Å². The van der Waals surface area contributed by atoms with E-state index in [1.54, 1.807) is 0 Å². The summed E-state index contributed by atoms with van der Waals surface area (Å²) in [5.74, 6) is 2.72. The zero-order chi connectivity index (χ0) is 14.1. The number of nitrogens with zero attached hydrogens (tertiary/aromatic N) is 1. The Bertz CT molecular complexity index is 404. The van der Waals surface area contributed by atoms with Crippen molar-refractivity contribution in [1.82, 2.24) is 5.32 Å². The Hall–Kier alpha value is -1.46. The minimum Gasteiger partial charge on any atom is -0.378 e. The van der Waals surface area contributed by atoms with Gasteiger partial charge in [0.15, 0.2) is 0 Å². The molecule has 1 unspecified atom stereocenters. The first kappa shape index (κ1) is 15.6. The second-order valence-corrected chi connectivity index (χ2v) is 5.09. The SMILES string of the molecule is C#CCCCC(NCCC)c1cccc(N(C)C)c1. The number of terminal acetylenes is 1. The number of nitrogens with one attached hydrogen (secondary N) is 1. The Morgan fingerprint density at radius 1 is 1.37 bits per heavy atom. The summed E-state index contributed by atoms with van der Waals surface area (Å²) < 4.78 is 0. The molecule has 1 rings (SSSR count). The smallest absolute Gasteiger partial charge is 0.0364 e. The van der Waals surface area contributed by atoms with Crippen molar-refractivity contribution in [3.63, 3.8) is 0 Å². The van der Waals surface area contributed by atoms with Gasteiger partial charge in [0.2, 0.25) is 0 Å². The lowest BCUT2D eigenvalue weighted by Gasteiger charge is -2.21. The van der Waals surface area contributed by atoms with E-state index >= 15 is 0 Å². The summed E-state index contributed by atoms with van der Waals surface area (Å²) in [6, 6.07) is 9.15. The van der Waals surface area contributed by atoms with Gasteiger partial charge in [-0.3, -0.25) is 0 Å². The van der Waals surface area contributed by atoms with Crippen molar-refractivity contribution in [2.45, 2.75) is 38.6 Å². The van der Waals surface area contributed by atoms with Crippen molar-refractivity contribution >= 4 is 5.69 Å². The minimum atomic E-state index is 0.410. The number of hydrogen-bond donors (Lipinski definition) is 1. The molecule has 0 spiro atoms. The van der Waals surface area contributed by atoms with Crippen LogP contribution in [0.25, 0.3) is 0 Å². The molecule has 1 aromatic carbocycles. The topological polar surface area (TPSA) is 15.3 Å². The van der Waals surface area contributed by atoms with Crippen LogP contribution in [0.2, 0.25) is 0 Å². The van der Waals surface area contributed by atoms with Crippen molar-refractivity contribution in [2.75, 3.05) is 25.5 Å². The second kappa shape index (κ2) is 8.61. The zero-order valence-electron chi connectivity index (χ0n) is 12.4. The molecule has 2 nitrogen and oxygen atoms in total. The predicted octanol–water partition coefficient (Wildman–Crippen LogP) is 3.60. The highest BCUT2D eigenvalue weighted by Crippen LogP contribution is 2.23. The monoisotopic (exact) mass is 258 g/mol. The van der Waals surface area contributed by atoms with Crippen LogP contribution in [0, 0.1) is 12.3 Å². The molecule has 19 heavy (non-hydrogen) atoms. The van der Waals surface area contributed by atoms with Gasteiger partial charge < -0.3 is 10.2 Å². The van der Waals surface area contributed by atoms with Crippen LogP contribution in [0.15, 0.2) is 24.3 Å². The molecule has 2 heteroatoms. The molecule has 0 aromatic heterocycles. The van der Waals surface area contributed by atoms with E-state index in [9.17, 15) is 0 Å². The summed E-state index contributed by atoms with van der Waals surface area (Å²) in [6.07, 6.45) is 9.52. The van der Waals surface area contributed by atoms with Crippen LogP contribution < -0.4 is 10.2 Å². The molecule has 0 radical (unpaired) electrons. The number of unbranched alkanes of at least 4 members (excludes halogenated alkanes) is 1. The molecule has 0 fully saturated rings. The van der Waals surface area contributed by atoms with E-state index in [2.05, 4.69) is 61.4 Å². The van der Waals surface area contributed by atoms with Crippen LogP contribution >= 0.6 is 0 Å². The van der Waals surface area contributed by atoms with Crippen molar-refractivity contribution in [3.8, 4) is 12.3 Å². The maximum Gasteiger partial charge on any atom is 0.0364 e. The summed E-state index contributed by atoms with van der Waals surface area (Å²) in [6.45, 7) is 3.24. The summed E-state index contributed by atoms with van der Waals surface area (Å²) in [5, 5.41) is 3.62. The fourth-order valence-corrected chi connectivity index (χ4v) is 2.13. The molecule has 0 heterocycles. The third-order valence-electron chi connectivity index (χ3n) is 3.24. The van der Waals surface area contributed by atoms with Gasteiger partial charge in [0.1, 0.15) is 0 Å². The average Bonchev–Trinajstić information content (AvgIpc) is 2.43. The molecule has 0 aliphatic carbocycles. The third-order valence-corrected chi connectivity index (χ3v) is 3.24. The fourth-order valence-electron chi connectivity index (χ4n) is 2.13. The van der Waals surface area contributed by atoms with Crippen molar-refractivity contribution in [3.05, 3.63) is 29.8 Å². The van der Waals surface area contributed by atoms with E-state index in [1.165, 1.54) is 11.3 Å². The average molecular weight is 258 g/mol. The fraction of sp³-hybridized carbons (Fsp3) is 0.529. The molecule has 0 saturated carbocycles.